The molecule has 2 N–H and O–H groups in total. The highest BCUT2D eigenvalue weighted by Crippen LogP contribution is 2.28. The molecule has 0 bridgehead atoms. The first-order valence-corrected chi connectivity index (χ1v) is 11.6. The van der Waals surface area contributed by atoms with Crippen LogP contribution in [0.1, 0.15) is 11.1 Å². The van der Waals surface area contributed by atoms with E-state index in [0.29, 0.717) is 22.8 Å². The van der Waals surface area contributed by atoms with E-state index in [9.17, 15) is 9.59 Å². The van der Waals surface area contributed by atoms with Gasteiger partial charge in [-0.05, 0) is 53.8 Å². The lowest BCUT2D eigenvalue weighted by atomic mass is 10.1. The monoisotopic (exact) mass is 497 g/mol. The number of aryl methyl sites for hydroxylation is 1. The molecule has 0 aliphatic carbocycles. The van der Waals surface area contributed by atoms with E-state index in [2.05, 4.69) is 15.8 Å². The summed E-state index contributed by atoms with van der Waals surface area (Å²) in [6, 6.07) is 26.1. The highest BCUT2D eigenvalue weighted by molar-refractivity contribution is 5.92. The Balaban J connectivity index is 1.28. The summed E-state index contributed by atoms with van der Waals surface area (Å²) >= 11 is 0. The Kier molecular flexibility index (Phi) is 8.33. The van der Waals surface area contributed by atoms with Gasteiger partial charge in [-0.1, -0.05) is 54.6 Å². The smallest absolute Gasteiger partial charge is 0.277 e. The van der Waals surface area contributed by atoms with Crippen molar-refractivity contribution in [2.45, 2.75) is 6.92 Å². The molecule has 37 heavy (non-hydrogen) atoms. The lowest BCUT2D eigenvalue weighted by molar-refractivity contribution is -0.123. The van der Waals surface area contributed by atoms with Crippen LogP contribution in [0.3, 0.4) is 0 Å². The molecule has 0 radical (unpaired) electrons. The van der Waals surface area contributed by atoms with Gasteiger partial charge in [-0.15, -0.1) is 0 Å². The van der Waals surface area contributed by atoms with Crippen molar-refractivity contribution in [2.24, 2.45) is 5.10 Å². The predicted octanol–water partition coefficient (Wildman–Crippen LogP) is 4.70. The summed E-state index contributed by atoms with van der Waals surface area (Å²) in [5.41, 5.74) is 4.82. The van der Waals surface area contributed by atoms with Gasteiger partial charge in [-0.3, -0.25) is 9.59 Å². The molecule has 0 spiro atoms. The fraction of sp³-hybridized carbons (Fsp3) is 0.138. The molecule has 0 saturated carbocycles. The summed E-state index contributed by atoms with van der Waals surface area (Å²) in [5.74, 6) is 0.793. The molecule has 8 nitrogen and oxygen atoms in total. The second kappa shape index (κ2) is 12.2. The van der Waals surface area contributed by atoms with E-state index in [1.54, 1.807) is 18.2 Å². The van der Waals surface area contributed by atoms with E-state index in [4.69, 9.17) is 14.2 Å². The number of methoxy groups -OCH3 is 1. The van der Waals surface area contributed by atoms with Crippen LogP contribution in [0.4, 0.5) is 5.69 Å². The van der Waals surface area contributed by atoms with Crippen LogP contribution in [0.5, 0.6) is 17.2 Å². The number of hydrogen-bond donors (Lipinski definition) is 2. The first-order valence-electron chi connectivity index (χ1n) is 11.6. The zero-order chi connectivity index (χ0) is 26.0. The fourth-order valence-electron chi connectivity index (χ4n) is 3.60. The Morgan fingerprint density at radius 1 is 0.811 bits per heavy atom. The number of anilines is 1. The average molecular weight is 498 g/mol. The summed E-state index contributed by atoms with van der Waals surface area (Å²) in [7, 11) is 1.50. The van der Waals surface area contributed by atoms with Crippen LogP contribution in [0.25, 0.3) is 10.8 Å². The van der Waals surface area contributed by atoms with Crippen LogP contribution in [0.2, 0.25) is 0 Å². The number of carbonyl (C=O) groups is 2. The summed E-state index contributed by atoms with van der Waals surface area (Å²) in [6.07, 6.45) is 1.48. The Morgan fingerprint density at radius 3 is 2.38 bits per heavy atom. The van der Waals surface area contributed by atoms with Gasteiger partial charge in [0, 0.05) is 11.1 Å². The van der Waals surface area contributed by atoms with Crippen molar-refractivity contribution in [3.05, 3.63) is 96.1 Å². The summed E-state index contributed by atoms with van der Waals surface area (Å²) < 4.78 is 16.7. The number of nitrogens with one attached hydrogen (secondary N) is 2. The minimum Gasteiger partial charge on any atom is -0.493 e. The van der Waals surface area contributed by atoms with Gasteiger partial charge in [0.2, 0.25) is 0 Å². The standard InChI is InChI=1S/C29H27N3O5/c1-20-8-3-6-12-24(20)31-28(33)18-37-26-15-14-21(16-27(26)35-2)17-30-32-29(34)19-36-25-13-7-10-22-9-4-5-11-23(22)25/h3-17H,18-19H2,1-2H3,(H,31,33)(H,32,34)/b30-17+. The second-order valence-corrected chi connectivity index (χ2v) is 8.12. The van der Waals surface area contributed by atoms with E-state index in [0.717, 1.165) is 22.0 Å². The average Bonchev–Trinajstić information content (AvgIpc) is 2.92. The number of amides is 2. The maximum absolute atomic E-state index is 12.3. The largest absolute Gasteiger partial charge is 0.493 e. The van der Waals surface area contributed by atoms with Gasteiger partial charge in [0.1, 0.15) is 5.75 Å². The highest BCUT2D eigenvalue weighted by Gasteiger charge is 2.10. The van der Waals surface area contributed by atoms with Gasteiger partial charge in [-0.2, -0.15) is 5.10 Å². The maximum Gasteiger partial charge on any atom is 0.277 e. The molecular formula is C29H27N3O5. The number of nitrogens with zero attached hydrogens (tertiary/aromatic N) is 1. The van der Waals surface area contributed by atoms with Crippen molar-refractivity contribution in [3.8, 4) is 17.2 Å². The summed E-state index contributed by atoms with van der Waals surface area (Å²) in [4.78, 5) is 24.5. The van der Waals surface area contributed by atoms with Gasteiger partial charge in [-0.25, -0.2) is 5.43 Å². The summed E-state index contributed by atoms with van der Waals surface area (Å²) in [5, 5.41) is 8.77. The number of ether oxygens (including phenoxy) is 3. The minimum atomic E-state index is -0.393. The van der Waals surface area contributed by atoms with Crippen molar-refractivity contribution in [2.75, 3.05) is 25.6 Å². The third-order valence-corrected chi connectivity index (χ3v) is 5.48. The molecule has 188 valence electrons. The molecule has 4 aromatic rings. The Morgan fingerprint density at radius 2 is 1.54 bits per heavy atom. The molecule has 0 heterocycles. The van der Waals surface area contributed by atoms with E-state index >= 15 is 0 Å². The first kappa shape index (κ1) is 25.2. The quantitative estimate of drug-likeness (QED) is 0.244. The van der Waals surface area contributed by atoms with Gasteiger partial charge in [0.05, 0.1) is 13.3 Å². The Hall–Kier alpha value is -4.85. The summed E-state index contributed by atoms with van der Waals surface area (Å²) in [6.45, 7) is 1.57. The van der Waals surface area contributed by atoms with Crippen molar-refractivity contribution in [1.29, 1.82) is 0 Å². The van der Waals surface area contributed by atoms with E-state index in [-0.39, 0.29) is 19.1 Å². The lowest BCUT2D eigenvalue weighted by Crippen LogP contribution is -2.24. The molecule has 4 aromatic carbocycles. The third kappa shape index (κ3) is 6.85. The van der Waals surface area contributed by atoms with Crippen LogP contribution >= 0.6 is 0 Å². The normalized spacial score (nSPS) is 10.8. The number of para-hydroxylation sites is 1. The predicted molar refractivity (Wildman–Crippen MR) is 143 cm³/mol. The molecule has 2 amide bonds. The lowest BCUT2D eigenvalue weighted by Gasteiger charge is -2.12. The van der Waals surface area contributed by atoms with Crippen molar-refractivity contribution in [1.82, 2.24) is 5.43 Å². The number of rotatable bonds is 10. The van der Waals surface area contributed by atoms with Crippen LogP contribution < -0.4 is 25.0 Å². The van der Waals surface area contributed by atoms with Crippen LogP contribution in [-0.2, 0) is 9.59 Å². The van der Waals surface area contributed by atoms with Crippen LogP contribution in [0, 0.1) is 6.92 Å². The number of hydrogen-bond acceptors (Lipinski definition) is 6. The zero-order valence-electron chi connectivity index (χ0n) is 20.6. The van der Waals surface area contributed by atoms with Crippen molar-refractivity contribution < 1.29 is 23.8 Å². The topological polar surface area (TPSA) is 98.2 Å². The van der Waals surface area contributed by atoms with E-state index in [1.807, 2.05) is 73.7 Å². The molecule has 0 atom stereocenters. The zero-order valence-corrected chi connectivity index (χ0v) is 20.6. The van der Waals surface area contributed by atoms with E-state index < -0.39 is 5.91 Å². The van der Waals surface area contributed by atoms with Crippen LogP contribution in [0.15, 0.2) is 90.0 Å². The van der Waals surface area contributed by atoms with Crippen LogP contribution in [-0.4, -0.2) is 38.4 Å². The Bertz CT molecular complexity index is 1430. The van der Waals surface area contributed by atoms with Gasteiger partial charge in [0.25, 0.3) is 11.8 Å². The maximum atomic E-state index is 12.3. The first-order chi connectivity index (χ1) is 18.0. The minimum absolute atomic E-state index is 0.175. The van der Waals surface area contributed by atoms with Gasteiger partial charge >= 0.3 is 0 Å². The molecule has 0 fully saturated rings. The number of benzene rings is 4. The molecule has 8 heteroatoms. The van der Waals surface area contributed by atoms with Gasteiger partial charge in [0.15, 0.2) is 24.7 Å². The number of carbonyl (C=O) groups excluding carboxylic acids is 2. The number of hydrazone groups is 1. The fourth-order valence-corrected chi connectivity index (χ4v) is 3.60. The molecular weight excluding hydrogens is 470 g/mol. The van der Waals surface area contributed by atoms with E-state index in [1.165, 1.54) is 13.3 Å². The van der Waals surface area contributed by atoms with Crippen molar-refractivity contribution in [3.63, 3.8) is 0 Å². The molecule has 0 aromatic heterocycles. The molecule has 0 saturated heterocycles. The van der Waals surface area contributed by atoms with Gasteiger partial charge < -0.3 is 19.5 Å². The molecule has 0 aliphatic rings. The number of fused-ring (bicyclic) bond motifs is 1. The molecule has 4 rings (SSSR count). The second-order valence-electron chi connectivity index (χ2n) is 8.12. The molecule has 0 unspecified atom stereocenters. The molecule has 0 aliphatic heterocycles. The SMILES string of the molecule is COc1cc(/C=N/NC(=O)COc2cccc3ccccc23)ccc1OCC(=O)Nc1ccccc1C. The highest BCUT2D eigenvalue weighted by atomic mass is 16.5. The Labute approximate surface area is 214 Å². The third-order valence-electron chi connectivity index (χ3n) is 5.48. The van der Waals surface area contributed by atoms with Crippen molar-refractivity contribution >= 4 is 34.5 Å².